The van der Waals surface area contributed by atoms with Crippen molar-refractivity contribution in [2.24, 2.45) is 0 Å². The molecule has 1 heterocycles. The zero-order valence-corrected chi connectivity index (χ0v) is 12.1. The fraction of sp³-hybridized carbons (Fsp3) is 0.385. The van der Waals surface area contributed by atoms with Gasteiger partial charge in [0.1, 0.15) is 10.0 Å². The Labute approximate surface area is 116 Å². The lowest BCUT2D eigenvalue weighted by Gasteiger charge is -2.10. The smallest absolute Gasteiger partial charge is 0.149 e. The fourth-order valence-electron chi connectivity index (χ4n) is 1.77. The van der Waals surface area contributed by atoms with Crippen LogP contribution in [0.15, 0.2) is 24.3 Å². The summed E-state index contributed by atoms with van der Waals surface area (Å²) in [5, 5.41) is 14.5. The van der Waals surface area contributed by atoms with Crippen LogP contribution in [0.5, 0.6) is 0 Å². The third-order valence-corrected chi connectivity index (χ3v) is 4.10. The molecule has 1 unspecified atom stereocenters. The zero-order valence-electron chi connectivity index (χ0n) is 10.5. The first-order valence-corrected chi connectivity index (χ1v) is 7.27. The summed E-state index contributed by atoms with van der Waals surface area (Å²) in [5.74, 6) is 0. The van der Waals surface area contributed by atoms with Gasteiger partial charge in [0.2, 0.25) is 0 Å². The second kappa shape index (κ2) is 6.27. The summed E-state index contributed by atoms with van der Waals surface area (Å²) in [6.07, 6.45) is 1.00. The maximum atomic E-state index is 6.17. The van der Waals surface area contributed by atoms with Crippen molar-refractivity contribution in [1.29, 1.82) is 0 Å². The third-order valence-electron chi connectivity index (χ3n) is 2.70. The van der Waals surface area contributed by atoms with Crippen LogP contribution in [0.2, 0.25) is 5.02 Å². The molecule has 0 spiro atoms. The number of hydrogen-bond donors (Lipinski definition) is 1. The van der Waals surface area contributed by atoms with Gasteiger partial charge in [0.25, 0.3) is 0 Å². The molecule has 0 aliphatic rings. The number of nitrogens with one attached hydrogen (secondary N) is 1. The van der Waals surface area contributed by atoms with Crippen LogP contribution >= 0.6 is 22.9 Å². The topological polar surface area (TPSA) is 37.8 Å². The van der Waals surface area contributed by atoms with Crippen LogP contribution in [-0.4, -0.2) is 16.7 Å². The van der Waals surface area contributed by atoms with E-state index in [1.165, 1.54) is 0 Å². The Balaban J connectivity index is 2.28. The van der Waals surface area contributed by atoms with Crippen LogP contribution in [0.4, 0.5) is 0 Å². The molecule has 1 N–H and O–H groups in total. The SMILES string of the molecule is CCNC(CC)c1nnc(-c2ccccc2Cl)s1. The molecular weight excluding hydrogens is 266 g/mol. The highest BCUT2D eigenvalue weighted by Gasteiger charge is 2.15. The number of aromatic nitrogens is 2. The average Bonchev–Trinajstić information content (AvgIpc) is 2.85. The van der Waals surface area contributed by atoms with Crippen molar-refractivity contribution >= 4 is 22.9 Å². The fourth-order valence-corrected chi connectivity index (χ4v) is 3.09. The van der Waals surface area contributed by atoms with E-state index >= 15 is 0 Å². The van der Waals surface area contributed by atoms with E-state index in [4.69, 9.17) is 11.6 Å². The van der Waals surface area contributed by atoms with Gasteiger partial charge >= 0.3 is 0 Å². The minimum Gasteiger partial charge on any atom is -0.308 e. The normalized spacial score (nSPS) is 12.6. The van der Waals surface area contributed by atoms with E-state index in [1.54, 1.807) is 11.3 Å². The monoisotopic (exact) mass is 281 g/mol. The first-order valence-electron chi connectivity index (χ1n) is 6.08. The van der Waals surface area contributed by atoms with E-state index in [1.807, 2.05) is 24.3 Å². The molecule has 1 aromatic heterocycles. The van der Waals surface area contributed by atoms with Gasteiger partial charge in [-0.2, -0.15) is 0 Å². The van der Waals surface area contributed by atoms with Gasteiger partial charge in [-0.05, 0) is 19.0 Å². The van der Waals surface area contributed by atoms with Gasteiger partial charge in [-0.25, -0.2) is 0 Å². The molecule has 1 atom stereocenters. The van der Waals surface area contributed by atoms with Crippen molar-refractivity contribution < 1.29 is 0 Å². The number of hydrogen-bond acceptors (Lipinski definition) is 4. The van der Waals surface area contributed by atoms with Crippen LogP contribution in [0.1, 0.15) is 31.3 Å². The van der Waals surface area contributed by atoms with Crippen molar-refractivity contribution in [3.05, 3.63) is 34.3 Å². The Kier molecular flexibility index (Phi) is 4.69. The minimum atomic E-state index is 0.281. The first kappa shape index (κ1) is 13.5. The number of halogens is 1. The largest absolute Gasteiger partial charge is 0.308 e. The van der Waals surface area contributed by atoms with Crippen LogP contribution in [-0.2, 0) is 0 Å². The molecule has 18 heavy (non-hydrogen) atoms. The highest BCUT2D eigenvalue weighted by molar-refractivity contribution is 7.14. The summed E-state index contributed by atoms with van der Waals surface area (Å²) < 4.78 is 0. The van der Waals surface area contributed by atoms with E-state index in [0.717, 1.165) is 33.6 Å². The molecule has 0 radical (unpaired) electrons. The molecule has 2 aromatic rings. The number of nitrogens with zero attached hydrogens (tertiary/aromatic N) is 2. The Bertz CT molecular complexity index is 512. The molecule has 0 aliphatic heterocycles. The van der Waals surface area contributed by atoms with Crippen LogP contribution in [0.25, 0.3) is 10.6 Å². The van der Waals surface area contributed by atoms with E-state index in [2.05, 4.69) is 29.4 Å². The van der Waals surface area contributed by atoms with Crippen molar-refractivity contribution in [1.82, 2.24) is 15.5 Å². The summed E-state index contributed by atoms with van der Waals surface area (Å²) in [4.78, 5) is 0. The third kappa shape index (κ3) is 2.88. The van der Waals surface area contributed by atoms with Crippen LogP contribution in [0, 0.1) is 0 Å². The molecule has 2 rings (SSSR count). The molecule has 3 nitrogen and oxygen atoms in total. The summed E-state index contributed by atoms with van der Waals surface area (Å²) in [5.41, 5.74) is 0.953. The first-order chi connectivity index (χ1) is 8.76. The van der Waals surface area contributed by atoms with Crippen molar-refractivity contribution in [2.75, 3.05) is 6.54 Å². The van der Waals surface area contributed by atoms with Crippen molar-refractivity contribution in [3.8, 4) is 10.6 Å². The summed E-state index contributed by atoms with van der Waals surface area (Å²) in [7, 11) is 0. The van der Waals surface area contributed by atoms with E-state index < -0.39 is 0 Å². The van der Waals surface area contributed by atoms with Gasteiger partial charge in [-0.1, -0.05) is 55.0 Å². The molecule has 0 aliphatic carbocycles. The van der Waals surface area contributed by atoms with Gasteiger partial charge in [-0.3, -0.25) is 0 Å². The zero-order chi connectivity index (χ0) is 13.0. The Hall–Kier alpha value is -0.970. The van der Waals surface area contributed by atoms with Gasteiger partial charge in [-0.15, -0.1) is 10.2 Å². The summed E-state index contributed by atoms with van der Waals surface area (Å²) >= 11 is 7.77. The molecule has 0 saturated carbocycles. The lowest BCUT2D eigenvalue weighted by atomic mass is 10.2. The molecule has 0 amide bonds. The van der Waals surface area contributed by atoms with Gasteiger partial charge < -0.3 is 5.32 Å². The molecule has 1 aromatic carbocycles. The highest BCUT2D eigenvalue weighted by Crippen LogP contribution is 2.32. The number of rotatable bonds is 5. The van der Waals surface area contributed by atoms with E-state index in [9.17, 15) is 0 Å². The van der Waals surface area contributed by atoms with Gasteiger partial charge in [0, 0.05) is 5.56 Å². The van der Waals surface area contributed by atoms with Gasteiger partial charge in [0.05, 0.1) is 11.1 Å². The standard InChI is InChI=1S/C13H16ClN3S/c1-3-11(15-4-2)13-17-16-12(18-13)9-7-5-6-8-10(9)14/h5-8,11,15H,3-4H2,1-2H3. The summed E-state index contributed by atoms with van der Waals surface area (Å²) in [6.45, 7) is 5.17. The molecule has 5 heteroatoms. The highest BCUT2D eigenvalue weighted by atomic mass is 35.5. The number of benzene rings is 1. The summed E-state index contributed by atoms with van der Waals surface area (Å²) in [6, 6.07) is 8.01. The minimum absolute atomic E-state index is 0.281. The maximum absolute atomic E-state index is 6.17. The maximum Gasteiger partial charge on any atom is 0.149 e. The molecule has 0 fully saturated rings. The Morgan fingerprint density at radius 1 is 1.28 bits per heavy atom. The van der Waals surface area contributed by atoms with E-state index in [-0.39, 0.29) is 6.04 Å². The van der Waals surface area contributed by atoms with Crippen molar-refractivity contribution in [3.63, 3.8) is 0 Å². The predicted octanol–water partition coefficient (Wildman–Crippen LogP) is 3.92. The lowest BCUT2D eigenvalue weighted by molar-refractivity contribution is 0.531. The van der Waals surface area contributed by atoms with E-state index in [0.29, 0.717) is 0 Å². The lowest BCUT2D eigenvalue weighted by Crippen LogP contribution is -2.19. The second-order valence-electron chi connectivity index (χ2n) is 3.94. The van der Waals surface area contributed by atoms with Gasteiger partial charge in [0.15, 0.2) is 0 Å². The molecular formula is C13H16ClN3S. The second-order valence-corrected chi connectivity index (χ2v) is 5.36. The molecule has 0 saturated heterocycles. The quantitative estimate of drug-likeness (QED) is 0.903. The average molecular weight is 282 g/mol. The van der Waals surface area contributed by atoms with Crippen LogP contribution in [0.3, 0.4) is 0 Å². The van der Waals surface area contributed by atoms with Crippen molar-refractivity contribution in [2.45, 2.75) is 26.3 Å². The molecule has 96 valence electrons. The van der Waals surface area contributed by atoms with Crippen LogP contribution < -0.4 is 5.32 Å². The Morgan fingerprint density at radius 2 is 2.06 bits per heavy atom. The molecule has 0 bridgehead atoms. The Morgan fingerprint density at radius 3 is 2.72 bits per heavy atom. The predicted molar refractivity (Wildman–Crippen MR) is 77.1 cm³/mol.